The van der Waals surface area contributed by atoms with E-state index in [0.29, 0.717) is 13.1 Å². The van der Waals surface area contributed by atoms with E-state index in [2.05, 4.69) is 33.0 Å². The van der Waals surface area contributed by atoms with Gasteiger partial charge < -0.3 is 15.5 Å². The van der Waals surface area contributed by atoms with Crippen LogP contribution in [-0.4, -0.2) is 37.1 Å². The van der Waals surface area contributed by atoms with E-state index in [4.69, 9.17) is 0 Å². The highest BCUT2D eigenvalue weighted by Gasteiger charge is 2.20. The maximum Gasteiger partial charge on any atom is 0.315 e. The monoisotopic (exact) mass is 343 g/mol. The summed E-state index contributed by atoms with van der Waals surface area (Å²) < 4.78 is 0. The van der Waals surface area contributed by atoms with Crippen LogP contribution in [0.4, 0.5) is 4.79 Å². The number of carbonyl (C=O) groups is 1. The van der Waals surface area contributed by atoms with Gasteiger partial charge in [-0.1, -0.05) is 36.4 Å². The molecule has 4 nitrogen and oxygen atoms in total. The molecule has 0 unspecified atom stereocenters. The lowest BCUT2D eigenvalue weighted by molar-refractivity contribution is 0.209. The summed E-state index contributed by atoms with van der Waals surface area (Å²) in [4.78, 5) is 15.8. The molecule has 0 saturated carbocycles. The molecule has 0 atom stereocenters. The molecular weight excluding hydrogens is 318 g/mol. The summed E-state index contributed by atoms with van der Waals surface area (Å²) in [5.41, 5.74) is 1.11. The lowest BCUT2D eigenvalue weighted by Crippen LogP contribution is -2.42. The summed E-state index contributed by atoms with van der Waals surface area (Å²) in [6.45, 7) is 4.44. The zero-order valence-corrected chi connectivity index (χ0v) is 14.7. The number of thiophene rings is 1. The van der Waals surface area contributed by atoms with Gasteiger partial charge in [0.1, 0.15) is 0 Å². The average molecular weight is 343 g/mol. The van der Waals surface area contributed by atoms with Crippen LogP contribution in [0, 0.1) is 0 Å². The summed E-state index contributed by atoms with van der Waals surface area (Å²) in [7, 11) is 0. The van der Waals surface area contributed by atoms with Crippen LogP contribution in [0.15, 0.2) is 47.8 Å². The minimum absolute atomic E-state index is 0.0904. The second kappa shape index (κ2) is 8.85. The third kappa shape index (κ3) is 5.08. The van der Waals surface area contributed by atoms with Crippen molar-refractivity contribution in [1.29, 1.82) is 0 Å². The standard InChI is InChI=1S/C19H25N3OS/c23-19(21-15-16-5-2-1-3-6-16)20-10-13-22-11-8-17(9-12-22)18-7-4-14-24-18/h1-7,14,17H,8-13,15H2,(H2,20,21,23). The van der Waals surface area contributed by atoms with Gasteiger partial charge in [-0.15, -0.1) is 11.3 Å². The summed E-state index contributed by atoms with van der Waals surface area (Å²) in [5.74, 6) is 0.725. The first kappa shape index (κ1) is 17.0. The van der Waals surface area contributed by atoms with Gasteiger partial charge in [0.25, 0.3) is 0 Å². The van der Waals surface area contributed by atoms with Gasteiger partial charge in [0.05, 0.1) is 0 Å². The summed E-state index contributed by atoms with van der Waals surface area (Å²) >= 11 is 1.87. The lowest BCUT2D eigenvalue weighted by Gasteiger charge is -2.31. The molecule has 5 heteroatoms. The maximum absolute atomic E-state index is 11.8. The van der Waals surface area contributed by atoms with Crippen LogP contribution in [0.5, 0.6) is 0 Å². The van der Waals surface area contributed by atoms with Gasteiger partial charge >= 0.3 is 6.03 Å². The highest BCUT2D eigenvalue weighted by Crippen LogP contribution is 2.30. The van der Waals surface area contributed by atoms with E-state index in [1.165, 1.54) is 17.7 Å². The number of nitrogens with zero attached hydrogens (tertiary/aromatic N) is 1. The van der Waals surface area contributed by atoms with Gasteiger partial charge in [-0.25, -0.2) is 4.79 Å². The molecule has 0 bridgehead atoms. The molecule has 2 N–H and O–H groups in total. The SMILES string of the molecule is O=C(NCCN1CCC(c2cccs2)CC1)NCc1ccccc1. The van der Waals surface area contributed by atoms with Crippen molar-refractivity contribution < 1.29 is 4.79 Å². The van der Waals surface area contributed by atoms with Crippen molar-refractivity contribution in [2.45, 2.75) is 25.3 Å². The molecule has 1 aliphatic rings. The molecule has 2 amide bonds. The van der Waals surface area contributed by atoms with E-state index >= 15 is 0 Å². The number of likely N-dealkylation sites (tertiary alicyclic amines) is 1. The van der Waals surface area contributed by atoms with E-state index in [1.807, 2.05) is 41.7 Å². The molecule has 1 aromatic carbocycles. The van der Waals surface area contributed by atoms with Gasteiger partial charge in [-0.05, 0) is 48.9 Å². The molecule has 0 aliphatic carbocycles. The van der Waals surface area contributed by atoms with E-state index in [-0.39, 0.29) is 6.03 Å². The number of piperidine rings is 1. The number of urea groups is 1. The molecule has 128 valence electrons. The Balaban J connectivity index is 1.29. The largest absolute Gasteiger partial charge is 0.337 e. The quantitative estimate of drug-likeness (QED) is 0.844. The Kier molecular flexibility index (Phi) is 6.26. The highest BCUT2D eigenvalue weighted by molar-refractivity contribution is 7.10. The molecule has 1 aromatic heterocycles. The molecule has 0 spiro atoms. The minimum atomic E-state index is -0.0904. The van der Waals surface area contributed by atoms with Gasteiger partial charge in [0.2, 0.25) is 0 Å². The predicted molar refractivity (Wildman–Crippen MR) is 99.4 cm³/mol. The van der Waals surface area contributed by atoms with Crippen molar-refractivity contribution in [3.8, 4) is 0 Å². The molecule has 1 saturated heterocycles. The number of nitrogens with one attached hydrogen (secondary N) is 2. The lowest BCUT2D eigenvalue weighted by atomic mass is 9.95. The van der Waals surface area contributed by atoms with Gasteiger partial charge in [0.15, 0.2) is 0 Å². The number of amides is 2. The smallest absolute Gasteiger partial charge is 0.315 e. The first-order valence-corrected chi connectivity index (χ1v) is 9.50. The number of hydrogen-bond donors (Lipinski definition) is 2. The van der Waals surface area contributed by atoms with Gasteiger partial charge in [-0.2, -0.15) is 0 Å². The Morgan fingerprint density at radius 2 is 1.88 bits per heavy atom. The highest BCUT2D eigenvalue weighted by atomic mass is 32.1. The van der Waals surface area contributed by atoms with Crippen LogP contribution >= 0.6 is 11.3 Å². The van der Waals surface area contributed by atoms with E-state index in [0.717, 1.165) is 31.1 Å². The minimum Gasteiger partial charge on any atom is -0.337 e. The van der Waals surface area contributed by atoms with Crippen LogP contribution in [0.2, 0.25) is 0 Å². The predicted octanol–water partition coefficient (Wildman–Crippen LogP) is 3.43. The van der Waals surface area contributed by atoms with Crippen LogP contribution < -0.4 is 10.6 Å². The van der Waals surface area contributed by atoms with Crippen LogP contribution in [0.1, 0.15) is 29.2 Å². The van der Waals surface area contributed by atoms with Crippen LogP contribution in [0.3, 0.4) is 0 Å². The number of carbonyl (C=O) groups excluding carboxylic acids is 1. The fraction of sp³-hybridized carbons (Fsp3) is 0.421. The van der Waals surface area contributed by atoms with Crippen LogP contribution in [0.25, 0.3) is 0 Å². The Hall–Kier alpha value is -1.85. The fourth-order valence-electron chi connectivity index (χ4n) is 3.13. The Morgan fingerprint density at radius 3 is 2.58 bits per heavy atom. The number of rotatable bonds is 6. The second-order valence-electron chi connectivity index (χ2n) is 6.23. The normalized spacial score (nSPS) is 16.0. The summed E-state index contributed by atoms with van der Waals surface area (Å²) in [6, 6.07) is 14.3. The average Bonchev–Trinajstić information content (AvgIpc) is 3.16. The zero-order chi connectivity index (χ0) is 16.6. The zero-order valence-electron chi connectivity index (χ0n) is 13.9. The van der Waals surface area contributed by atoms with Crippen LogP contribution in [-0.2, 0) is 6.54 Å². The van der Waals surface area contributed by atoms with Crippen molar-refractivity contribution in [1.82, 2.24) is 15.5 Å². The molecular formula is C19H25N3OS. The van der Waals surface area contributed by atoms with Gasteiger partial charge in [-0.3, -0.25) is 0 Å². The maximum atomic E-state index is 11.8. The van der Waals surface area contributed by atoms with Crippen molar-refractivity contribution in [2.75, 3.05) is 26.2 Å². The van der Waals surface area contributed by atoms with Gasteiger partial charge in [0, 0.05) is 24.5 Å². The molecule has 1 aliphatic heterocycles. The topological polar surface area (TPSA) is 44.4 Å². The summed E-state index contributed by atoms with van der Waals surface area (Å²) in [6.07, 6.45) is 2.45. The number of benzene rings is 1. The molecule has 2 heterocycles. The van der Waals surface area contributed by atoms with E-state index < -0.39 is 0 Å². The Morgan fingerprint density at radius 1 is 1.08 bits per heavy atom. The van der Waals surface area contributed by atoms with Crippen molar-refractivity contribution in [3.05, 3.63) is 58.3 Å². The van der Waals surface area contributed by atoms with E-state index in [1.54, 1.807) is 0 Å². The first-order chi connectivity index (χ1) is 11.8. The number of hydrogen-bond acceptors (Lipinski definition) is 3. The van der Waals surface area contributed by atoms with Crippen molar-refractivity contribution >= 4 is 17.4 Å². The summed E-state index contributed by atoms with van der Waals surface area (Å²) in [5, 5.41) is 8.01. The van der Waals surface area contributed by atoms with Crippen molar-refractivity contribution in [3.63, 3.8) is 0 Å². The molecule has 3 rings (SSSR count). The third-order valence-electron chi connectivity index (χ3n) is 4.54. The molecule has 24 heavy (non-hydrogen) atoms. The Bertz CT molecular complexity index is 607. The Labute approximate surface area is 147 Å². The fourth-order valence-corrected chi connectivity index (χ4v) is 4.03. The molecule has 1 fully saturated rings. The third-order valence-corrected chi connectivity index (χ3v) is 5.58. The first-order valence-electron chi connectivity index (χ1n) is 8.62. The second-order valence-corrected chi connectivity index (χ2v) is 7.21. The molecule has 2 aromatic rings. The van der Waals surface area contributed by atoms with Crippen molar-refractivity contribution in [2.24, 2.45) is 0 Å². The molecule has 0 radical (unpaired) electrons. The van der Waals surface area contributed by atoms with E-state index in [9.17, 15) is 4.79 Å².